The van der Waals surface area contributed by atoms with Crippen molar-refractivity contribution in [2.45, 2.75) is 25.7 Å². The van der Waals surface area contributed by atoms with Crippen molar-refractivity contribution in [1.29, 1.82) is 0 Å². The lowest BCUT2D eigenvalue weighted by Gasteiger charge is -2.10. The van der Waals surface area contributed by atoms with E-state index in [1.165, 1.54) is 16.0 Å². The SMILES string of the molecule is O=c1c2c3c(sc2nc2n1N=C(c1ccccc1)C(c1ccccc1)=NN2)CCCC3. The van der Waals surface area contributed by atoms with Gasteiger partial charge in [0.2, 0.25) is 5.95 Å². The molecular weight excluding hydrogens is 406 g/mol. The number of hydrogen-bond donors (Lipinski definition) is 1. The van der Waals surface area contributed by atoms with Gasteiger partial charge in [0.25, 0.3) is 5.56 Å². The molecule has 7 heteroatoms. The minimum Gasteiger partial charge on any atom is -0.266 e. The van der Waals surface area contributed by atoms with Crippen LogP contribution in [-0.2, 0) is 12.8 Å². The average molecular weight is 426 g/mol. The van der Waals surface area contributed by atoms with Crippen molar-refractivity contribution in [3.8, 4) is 0 Å². The lowest BCUT2D eigenvalue weighted by molar-refractivity contribution is 0.699. The van der Waals surface area contributed by atoms with Crippen LogP contribution in [-0.4, -0.2) is 21.1 Å². The van der Waals surface area contributed by atoms with E-state index in [0.29, 0.717) is 22.8 Å². The number of nitrogens with zero attached hydrogens (tertiary/aromatic N) is 4. The summed E-state index contributed by atoms with van der Waals surface area (Å²) in [6.45, 7) is 0. The van der Waals surface area contributed by atoms with Crippen LogP contribution in [0.4, 0.5) is 5.95 Å². The summed E-state index contributed by atoms with van der Waals surface area (Å²) in [5.74, 6) is 0.343. The summed E-state index contributed by atoms with van der Waals surface area (Å²) in [4.78, 5) is 20.4. The van der Waals surface area contributed by atoms with Crippen LogP contribution in [0.3, 0.4) is 0 Å². The second kappa shape index (κ2) is 7.28. The number of anilines is 1. The van der Waals surface area contributed by atoms with Gasteiger partial charge in [-0.25, -0.2) is 10.4 Å². The van der Waals surface area contributed by atoms with E-state index in [9.17, 15) is 4.79 Å². The fourth-order valence-corrected chi connectivity index (χ4v) is 5.51. The maximum absolute atomic E-state index is 13.6. The Morgan fingerprint density at radius 1 is 0.871 bits per heavy atom. The van der Waals surface area contributed by atoms with Gasteiger partial charge in [-0.3, -0.25) is 4.79 Å². The zero-order valence-corrected chi connectivity index (χ0v) is 17.5. The summed E-state index contributed by atoms with van der Waals surface area (Å²) in [5, 5.41) is 10.2. The van der Waals surface area contributed by atoms with E-state index in [1.54, 1.807) is 11.3 Å². The van der Waals surface area contributed by atoms with Crippen LogP contribution in [0.15, 0.2) is 75.7 Å². The number of hydrogen-bond acceptors (Lipinski definition) is 6. The van der Waals surface area contributed by atoms with Crippen molar-refractivity contribution in [2.24, 2.45) is 10.2 Å². The summed E-state index contributed by atoms with van der Waals surface area (Å²) in [6.07, 6.45) is 4.23. The largest absolute Gasteiger partial charge is 0.284 e. The standard InChI is InChI=1S/C24H19N5OS/c30-23-19-17-13-7-8-14-18(17)31-22(19)25-24-27-26-20(15-9-3-1-4-10-15)21(28-29(23)24)16-11-5-2-6-12-16/h1-6,9-12H,7-8,13-14H2,(H,25,27). The van der Waals surface area contributed by atoms with E-state index in [0.717, 1.165) is 40.8 Å². The molecule has 1 aliphatic carbocycles. The van der Waals surface area contributed by atoms with E-state index < -0.39 is 0 Å². The van der Waals surface area contributed by atoms with Gasteiger partial charge in [0.05, 0.1) is 5.39 Å². The first-order valence-corrected chi connectivity index (χ1v) is 11.2. The topological polar surface area (TPSA) is 71.6 Å². The predicted octanol–water partition coefficient (Wildman–Crippen LogP) is 4.42. The van der Waals surface area contributed by atoms with Crippen molar-refractivity contribution < 1.29 is 0 Å². The zero-order chi connectivity index (χ0) is 20.8. The molecule has 3 heterocycles. The summed E-state index contributed by atoms with van der Waals surface area (Å²) >= 11 is 1.63. The predicted molar refractivity (Wildman–Crippen MR) is 126 cm³/mol. The molecule has 0 radical (unpaired) electrons. The fraction of sp³-hybridized carbons (Fsp3) is 0.167. The van der Waals surface area contributed by atoms with Crippen molar-refractivity contribution in [1.82, 2.24) is 9.66 Å². The summed E-state index contributed by atoms with van der Waals surface area (Å²) < 4.78 is 1.38. The average Bonchev–Trinajstić information content (AvgIpc) is 3.08. The van der Waals surface area contributed by atoms with Crippen LogP contribution in [0.25, 0.3) is 10.2 Å². The Kier molecular flexibility index (Phi) is 4.28. The molecule has 2 aromatic carbocycles. The lowest BCUT2D eigenvalue weighted by atomic mass is 9.97. The summed E-state index contributed by atoms with van der Waals surface area (Å²) in [7, 11) is 0. The molecule has 152 valence electrons. The molecule has 0 saturated heterocycles. The molecule has 1 N–H and O–H groups in total. The van der Waals surface area contributed by atoms with Crippen LogP contribution in [0, 0.1) is 0 Å². The van der Waals surface area contributed by atoms with Crippen molar-refractivity contribution in [3.05, 3.63) is 92.6 Å². The molecule has 2 aliphatic rings. The molecule has 0 unspecified atom stereocenters. The smallest absolute Gasteiger partial charge is 0.266 e. The fourth-order valence-electron chi connectivity index (χ4n) is 4.26. The van der Waals surface area contributed by atoms with Crippen molar-refractivity contribution in [3.63, 3.8) is 0 Å². The molecule has 0 saturated carbocycles. The molecule has 4 aromatic rings. The summed E-state index contributed by atoms with van der Waals surface area (Å²) in [5.41, 5.74) is 7.14. The number of aryl methyl sites for hydroxylation is 2. The molecule has 0 fully saturated rings. The Balaban J connectivity index is 1.62. The summed E-state index contributed by atoms with van der Waals surface area (Å²) in [6, 6.07) is 19.7. The Bertz CT molecular complexity index is 1420. The minimum atomic E-state index is -0.134. The van der Waals surface area contributed by atoms with Crippen molar-refractivity contribution in [2.75, 3.05) is 5.43 Å². The highest BCUT2D eigenvalue weighted by molar-refractivity contribution is 7.18. The van der Waals surface area contributed by atoms with Gasteiger partial charge in [-0.2, -0.15) is 14.9 Å². The Morgan fingerprint density at radius 2 is 1.55 bits per heavy atom. The first-order valence-electron chi connectivity index (χ1n) is 10.4. The quantitative estimate of drug-likeness (QED) is 0.517. The molecular formula is C24H19N5OS. The minimum absolute atomic E-state index is 0.134. The van der Waals surface area contributed by atoms with E-state index >= 15 is 0 Å². The Labute approximate surface area is 182 Å². The van der Waals surface area contributed by atoms with Gasteiger partial charge in [-0.05, 0) is 31.2 Å². The van der Waals surface area contributed by atoms with E-state index in [4.69, 9.17) is 10.1 Å². The van der Waals surface area contributed by atoms with Crippen LogP contribution in [0.5, 0.6) is 0 Å². The number of fused-ring (bicyclic) bond motifs is 4. The molecule has 31 heavy (non-hydrogen) atoms. The number of aromatic nitrogens is 2. The van der Waals surface area contributed by atoms with Crippen LogP contribution in [0.1, 0.15) is 34.4 Å². The van der Waals surface area contributed by atoms with E-state index in [2.05, 4.69) is 10.5 Å². The van der Waals surface area contributed by atoms with Crippen molar-refractivity contribution >= 4 is 38.9 Å². The normalized spacial score (nSPS) is 15.4. The zero-order valence-electron chi connectivity index (χ0n) is 16.7. The third kappa shape index (κ3) is 3.00. The van der Waals surface area contributed by atoms with Crippen LogP contribution < -0.4 is 11.0 Å². The second-order valence-corrected chi connectivity index (χ2v) is 8.78. The molecule has 0 spiro atoms. The van der Waals surface area contributed by atoms with E-state index in [-0.39, 0.29) is 5.56 Å². The molecule has 0 atom stereocenters. The van der Waals surface area contributed by atoms with Gasteiger partial charge in [-0.15, -0.1) is 11.3 Å². The highest BCUT2D eigenvalue weighted by atomic mass is 32.1. The number of benzene rings is 2. The van der Waals surface area contributed by atoms with Gasteiger partial charge < -0.3 is 0 Å². The van der Waals surface area contributed by atoms with Gasteiger partial charge in [0, 0.05) is 16.0 Å². The first kappa shape index (κ1) is 18.2. The molecule has 0 amide bonds. The van der Waals surface area contributed by atoms with Gasteiger partial charge >= 0.3 is 0 Å². The number of nitrogens with one attached hydrogen (secondary N) is 1. The Hall–Kier alpha value is -3.58. The molecule has 6 rings (SSSR count). The second-order valence-electron chi connectivity index (χ2n) is 7.70. The number of rotatable bonds is 2. The molecule has 0 bridgehead atoms. The monoisotopic (exact) mass is 425 g/mol. The third-order valence-electron chi connectivity index (χ3n) is 5.75. The Morgan fingerprint density at radius 3 is 2.29 bits per heavy atom. The maximum atomic E-state index is 13.6. The van der Waals surface area contributed by atoms with Gasteiger partial charge in [-0.1, -0.05) is 60.7 Å². The first-order chi connectivity index (χ1) is 15.3. The number of thiophene rings is 1. The van der Waals surface area contributed by atoms with Gasteiger partial charge in [0.1, 0.15) is 16.3 Å². The van der Waals surface area contributed by atoms with Crippen LogP contribution in [0.2, 0.25) is 0 Å². The third-order valence-corrected chi connectivity index (χ3v) is 6.94. The highest BCUT2D eigenvalue weighted by Gasteiger charge is 2.25. The number of hydrazone groups is 1. The van der Waals surface area contributed by atoms with Crippen LogP contribution >= 0.6 is 11.3 Å². The van der Waals surface area contributed by atoms with E-state index in [1.807, 2.05) is 60.7 Å². The highest BCUT2D eigenvalue weighted by Crippen LogP contribution is 2.34. The van der Waals surface area contributed by atoms with Gasteiger partial charge in [0.15, 0.2) is 0 Å². The molecule has 2 aromatic heterocycles. The lowest BCUT2D eigenvalue weighted by Crippen LogP contribution is -2.23. The molecule has 1 aliphatic heterocycles. The molecule has 6 nitrogen and oxygen atoms in total. The maximum Gasteiger partial charge on any atom is 0.284 e.